The average Bonchev–Trinajstić information content (AvgIpc) is 3.17. The van der Waals surface area contributed by atoms with Crippen LogP contribution < -0.4 is 5.32 Å². The maximum absolute atomic E-state index is 11.8. The van der Waals surface area contributed by atoms with Gasteiger partial charge in [0.1, 0.15) is 6.61 Å². The molecule has 1 aromatic heterocycles. The molecule has 0 radical (unpaired) electrons. The molecule has 0 spiro atoms. The van der Waals surface area contributed by atoms with Gasteiger partial charge in [0, 0.05) is 18.0 Å². The van der Waals surface area contributed by atoms with Crippen LogP contribution in [0.1, 0.15) is 44.6 Å². The Morgan fingerprint density at radius 3 is 2.85 bits per heavy atom. The minimum absolute atomic E-state index is 0.0862. The monoisotopic (exact) mass is 278 g/mol. The van der Waals surface area contributed by atoms with Gasteiger partial charge in [0.15, 0.2) is 5.76 Å². The van der Waals surface area contributed by atoms with Gasteiger partial charge in [0.25, 0.3) is 0 Å². The van der Waals surface area contributed by atoms with E-state index in [1.54, 1.807) is 0 Å². The molecule has 3 rings (SSSR count). The molecule has 0 aromatic carbocycles. The van der Waals surface area contributed by atoms with Gasteiger partial charge in [-0.05, 0) is 37.0 Å². The molecule has 2 atom stereocenters. The van der Waals surface area contributed by atoms with Crippen molar-refractivity contribution in [1.82, 2.24) is 10.5 Å². The highest BCUT2D eigenvalue weighted by Gasteiger charge is 2.49. The van der Waals surface area contributed by atoms with Crippen molar-refractivity contribution in [2.75, 3.05) is 0 Å². The van der Waals surface area contributed by atoms with Gasteiger partial charge >= 0.3 is 0 Å². The molecular formula is C15H22N2O3. The molecule has 110 valence electrons. The summed E-state index contributed by atoms with van der Waals surface area (Å²) >= 11 is 0. The predicted molar refractivity (Wildman–Crippen MR) is 72.7 cm³/mol. The third-order valence-corrected chi connectivity index (χ3v) is 4.95. The lowest BCUT2D eigenvalue weighted by Gasteiger charge is -2.52. The summed E-state index contributed by atoms with van der Waals surface area (Å²) in [5.74, 6) is 1.50. The Morgan fingerprint density at radius 1 is 1.55 bits per heavy atom. The van der Waals surface area contributed by atoms with E-state index in [2.05, 4.69) is 24.3 Å². The summed E-state index contributed by atoms with van der Waals surface area (Å²) < 4.78 is 5.01. The fraction of sp³-hybridized carbons (Fsp3) is 0.733. The number of amides is 1. The second-order valence-corrected chi connectivity index (χ2v) is 6.74. The lowest BCUT2D eigenvalue weighted by molar-refractivity contribution is -0.126. The van der Waals surface area contributed by atoms with Gasteiger partial charge in [-0.3, -0.25) is 4.79 Å². The zero-order valence-corrected chi connectivity index (χ0v) is 12.1. The first-order chi connectivity index (χ1) is 9.50. The topological polar surface area (TPSA) is 75.4 Å². The number of carbonyl (C=O) groups excluding carboxylic acids is 1. The Labute approximate surface area is 118 Å². The maximum atomic E-state index is 11.8. The largest absolute Gasteiger partial charge is 0.388 e. The number of hydrogen-bond donors (Lipinski definition) is 2. The van der Waals surface area contributed by atoms with E-state index >= 15 is 0 Å². The highest BCUT2D eigenvalue weighted by molar-refractivity contribution is 5.81. The normalized spacial score (nSPS) is 27.9. The smallest absolute Gasteiger partial charge is 0.223 e. The van der Waals surface area contributed by atoms with Crippen molar-refractivity contribution in [3.05, 3.63) is 17.5 Å². The summed E-state index contributed by atoms with van der Waals surface area (Å²) in [5.41, 5.74) is 0.974. The Hall–Kier alpha value is -1.36. The first-order valence-corrected chi connectivity index (χ1v) is 7.36. The molecule has 20 heavy (non-hydrogen) atoms. The molecule has 0 unspecified atom stereocenters. The van der Waals surface area contributed by atoms with Crippen molar-refractivity contribution in [1.29, 1.82) is 0 Å². The second kappa shape index (κ2) is 4.88. The summed E-state index contributed by atoms with van der Waals surface area (Å²) in [5, 5.41) is 16.1. The third kappa shape index (κ3) is 2.46. The first-order valence-electron chi connectivity index (χ1n) is 7.36. The van der Waals surface area contributed by atoms with E-state index in [9.17, 15) is 4.79 Å². The van der Waals surface area contributed by atoms with E-state index in [4.69, 9.17) is 9.63 Å². The third-order valence-electron chi connectivity index (χ3n) is 4.95. The highest BCUT2D eigenvalue weighted by Crippen LogP contribution is 2.48. The van der Waals surface area contributed by atoms with Gasteiger partial charge in [-0.1, -0.05) is 19.0 Å². The minimum Gasteiger partial charge on any atom is -0.388 e. The molecule has 2 aliphatic carbocycles. The molecular weight excluding hydrogens is 256 g/mol. The molecule has 5 heteroatoms. The number of rotatable bonds is 5. The lowest BCUT2D eigenvalue weighted by Crippen LogP contribution is -2.59. The van der Waals surface area contributed by atoms with Crippen LogP contribution in [0.15, 0.2) is 10.6 Å². The van der Waals surface area contributed by atoms with Crippen molar-refractivity contribution >= 4 is 5.91 Å². The van der Waals surface area contributed by atoms with E-state index in [1.165, 1.54) is 0 Å². The van der Waals surface area contributed by atoms with Crippen LogP contribution in [0.2, 0.25) is 0 Å². The number of nitrogens with zero attached hydrogens (tertiary/aromatic N) is 1. The molecule has 0 saturated heterocycles. The van der Waals surface area contributed by atoms with Gasteiger partial charge in [0.2, 0.25) is 5.91 Å². The van der Waals surface area contributed by atoms with Crippen molar-refractivity contribution in [3.63, 3.8) is 0 Å². The van der Waals surface area contributed by atoms with Gasteiger partial charge in [-0.25, -0.2) is 0 Å². The van der Waals surface area contributed by atoms with Crippen LogP contribution in [0.5, 0.6) is 0 Å². The Morgan fingerprint density at radius 2 is 2.30 bits per heavy atom. The fourth-order valence-electron chi connectivity index (χ4n) is 3.02. The summed E-state index contributed by atoms with van der Waals surface area (Å²) in [6.45, 7) is 4.29. The Bertz CT molecular complexity index is 505. The fourth-order valence-corrected chi connectivity index (χ4v) is 3.02. The summed E-state index contributed by atoms with van der Waals surface area (Å²) in [4.78, 5) is 11.8. The molecule has 2 fully saturated rings. The summed E-state index contributed by atoms with van der Waals surface area (Å²) in [6.07, 6.45) is 3.93. The van der Waals surface area contributed by atoms with E-state index in [0.29, 0.717) is 11.7 Å². The molecule has 0 aliphatic heterocycles. The number of hydrogen-bond acceptors (Lipinski definition) is 4. The van der Waals surface area contributed by atoms with Crippen LogP contribution in [0.25, 0.3) is 0 Å². The number of aliphatic hydroxyl groups is 1. The molecule has 5 nitrogen and oxygen atoms in total. The zero-order chi connectivity index (χ0) is 14.3. The van der Waals surface area contributed by atoms with Gasteiger partial charge in [-0.15, -0.1) is 0 Å². The van der Waals surface area contributed by atoms with Crippen LogP contribution in [0, 0.1) is 17.3 Å². The Balaban J connectivity index is 1.55. The average molecular weight is 278 g/mol. The number of nitrogens with one attached hydrogen (secondary N) is 1. The summed E-state index contributed by atoms with van der Waals surface area (Å²) in [7, 11) is 0. The Kier molecular flexibility index (Phi) is 3.32. The minimum atomic E-state index is -0.110. The molecule has 2 aliphatic rings. The van der Waals surface area contributed by atoms with Crippen molar-refractivity contribution in [2.24, 2.45) is 17.3 Å². The lowest BCUT2D eigenvalue weighted by atomic mass is 9.57. The first kappa shape index (κ1) is 13.6. The van der Waals surface area contributed by atoms with Crippen molar-refractivity contribution in [2.45, 2.75) is 52.2 Å². The summed E-state index contributed by atoms with van der Waals surface area (Å²) in [6, 6.07) is 2.08. The van der Waals surface area contributed by atoms with Crippen molar-refractivity contribution < 1.29 is 14.4 Å². The van der Waals surface area contributed by atoms with E-state index in [1.807, 2.05) is 6.07 Å². The molecule has 2 N–H and O–H groups in total. The maximum Gasteiger partial charge on any atom is 0.223 e. The predicted octanol–water partition coefficient (Wildman–Crippen LogP) is 1.65. The van der Waals surface area contributed by atoms with E-state index in [-0.39, 0.29) is 29.9 Å². The van der Waals surface area contributed by atoms with Crippen LogP contribution in [0.3, 0.4) is 0 Å². The van der Waals surface area contributed by atoms with Crippen molar-refractivity contribution in [3.8, 4) is 0 Å². The molecule has 1 aromatic rings. The molecule has 0 bridgehead atoms. The second-order valence-electron chi connectivity index (χ2n) is 6.74. The quantitative estimate of drug-likeness (QED) is 0.858. The van der Waals surface area contributed by atoms with Crippen LogP contribution in [-0.4, -0.2) is 22.2 Å². The zero-order valence-electron chi connectivity index (χ0n) is 12.1. The van der Waals surface area contributed by atoms with E-state index < -0.39 is 0 Å². The van der Waals surface area contributed by atoms with Gasteiger partial charge in [-0.2, -0.15) is 0 Å². The number of carbonyl (C=O) groups is 1. The number of aromatic nitrogens is 1. The standard InChI is InChI=1S/C15H22N2O3/c1-15(2)10(5-11-7-12(8-18)20-17-11)6-13(15)16-14(19)9-3-4-9/h7,9-10,13,18H,3-6,8H2,1-2H3,(H,16,19)/t10-,13+/m1/s1. The van der Waals surface area contributed by atoms with Crippen LogP contribution >= 0.6 is 0 Å². The van der Waals surface area contributed by atoms with Crippen LogP contribution in [0.4, 0.5) is 0 Å². The highest BCUT2D eigenvalue weighted by atomic mass is 16.5. The SMILES string of the molecule is CC1(C)[C@H](Cc2cc(CO)on2)C[C@@H]1NC(=O)C1CC1. The molecule has 1 heterocycles. The molecule has 1 amide bonds. The van der Waals surface area contributed by atoms with Gasteiger partial charge in [0.05, 0.1) is 5.69 Å². The molecule has 2 saturated carbocycles. The van der Waals surface area contributed by atoms with Crippen LogP contribution in [-0.2, 0) is 17.8 Å². The van der Waals surface area contributed by atoms with Gasteiger partial charge < -0.3 is 14.9 Å². The van der Waals surface area contributed by atoms with E-state index in [0.717, 1.165) is 31.4 Å². The number of aliphatic hydroxyl groups excluding tert-OH is 1.